The second-order valence-corrected chi connectivity index (χ2v) is 26.8. The summed E-state index contributed by atoms with van der Waals surface area (Å²) in [4.78, 5) is 11.2. The predicted octanol–water partition coefficient (Wildman–Crippen LogP) is 6.40. The fraction of sp³-hybridized carbons (Fsp3) is 0.889. The molecule has 0 bridgehead atoms. The molecule has 358 valence electrons. The molecule has 11 nitrogen and oxygen atoms in total. The first-order valence-electron chi connectivity index (χ1n) is 26.2. The first-order valence-corrected chi connectivity index (χ1v) is 26.2. The number of rotatable bonds is 0. The highest BCUT2D eigenvalue weighted by Gasteiger charge is 2.78. The minimum atomic E-state index is -1.42. The van der Waals surface area contributed by atoms with Gasteiger partial charge in [-0.15, -0.1) is 0 Å². The van der Waals surface area contributed by atoms with Crippen LogP contribution in [0.25, 0.3) is 0 Å². The Balaban J connectivity index is 0.767. The molecule has 1 aromatic rings. The summed E-state index contributed by atoms with van der Waals surface area (Å²) in [6, 6.07) is 0. The number of nitrogens with zero attached hydrogens (tertiary/aromatic N) is 2. The van der Waals surface area contributed by atoms with Crippen LogP contribution in [0.15, 0.2) is 11.6 Å². The Morgan fingerprint density at radius 1 is 0.677 bits per heavy atom. The number of hydrogen-bond acceptors (Lipinski definition) is 11. The molecule has 4 saturated heterocycles. The van der Waals surface area contributed by atoms with Gasteiger partial charge in [0.2, 0.25) is 0 Å². The SMILES string of the molecule is C[C@@H]1[C@@]2(CC[C@](C)(O)CO2)O[C@H]2C=C3[C@@H]4[C@@H](O)C[C@H]5Cc6nc7c(nc6C[C@]5(C)[C@H]4C[C@@H](O)[C@]3(C)[C@]21O)C[C@@H]1CC[C@H]2[C@H]3C[C@@H]4O[C@]5(CCC(C)(C)O5)[C@@H](C)[C@@H]4[C@@]3(C)[C@H](O)C[C@@H]2[C@@]1(C)C7. The van der Waals surface area contributed by atoms with Crippen LogP contribution >= 0.6 is 0 Å². The molecule has 13 rings (SSSR count). The zero-order valence-corrected chi connectivity index (χ0v) is 40.6. The Hall–Kier alpha value is -1.54. The maximum absolute atomic E-state index is 12.9. The predicted molar refractivity (Wildman–Crippen MR) is 240 cm³/mol. The number of aliphatic hydroxyl groups excluding tert-OH is 3. The van der Waals surface area contributed by atoms with E-state index in [0.717, 1.165) is 74.0 Å². The minimum Gasteiger partial charge on any atom is -0.393 e. The summed E-state index contributed by atoms with van der Waals surface area (Å²) in [6.07, 6.45) is 11.3. The topological polar surface area (TPSA) is 164 Å². The molecule has 65 heavy (non-hydrogen) atoms. The Kier molecular flexibility index (Phi) is 8.73. The molecule has 5 heterocycles. The van der Waals surface area contributed by atoms with Crippen LogP contribution in [0.2, 0.25) is 0 Å². The van der Waals surface area contributed by atoms with E-state index < -0.39 is 52.4 Å². The van der Waals surface area contributed by atoms with Crippen molar-refractivity contribution in [2.24, 2.45) is 80.8 Å². The van der Waals surface area contributed by atoms with Gasteiger partial charge in [0.05, 0.1) is 65.0 Å². The first kappa shape index (κ1) is 43.5. The standard InChI is InChI=1S/C54H78N2O9/c1-26-45-40(63-52(26)14-12-46(3,4)65-52)19-32-30-11-10-28-16-35-37(23-48(28,6)31(30)20-41(58)50(32,45)8)56-36-17-29-18-39(57)44-33(49(29,7)24-38(36)55-35)21-42(59)51(9)34(44)22-43-54(51,61)27(2)53(64-43)15-13-47(5,60)25-62-53/h22,26-33,39-45,57-61H,10-21,23-25H2,1-9H3/t26-,27+,28-,29+,30+,31-,32+,33-,39-,40-,41+,42+,43-,44+,45-,47-,48-,49-,50+,51+,52-,53+,54+/m0/s1. The highest BCUT2D eigenvalue weighted by Crippen LogP contribution is 2.73. The van der Waals surface area contributed by atoms with Crippen molar-refractivity contribution in [1.29, 1.82) is 0 Å². The van der Waals surface area contributed by atoms with Gasteiger partial charge < -0.3 is 44.5 Å². The van der Waals surface area contributed by atoms with Crippen LogP contribution in [0.1, 0.15) is 149 Å². The maximum Gasteiger partial charge on any atom is 0.174 e. The van der Waals surface area contributed by atoms with Crippen LogP contribution in [0, 0.1) is 80.8 Å². The maximum atomic E-state index is 12.9. The quantitative estimate of drug-likeness (QED) is 0.183. The Bertz CT molecular complexity index is 2240. The van der Waals surface area contributed by atoms with Crippen LogP contribution in [0.4, 0.5) is 0 Å². The lowest BCUT2D eigenvalue weighted by Crippen LogP contribution is -2.66. The van der Waals surface area contributed by atoms with E-state index in [1.165, 1.54) is 18.5 Å². The van der Waals surface area contributed by atoms with Gasteiger partial charge in [0.15, 0.2) is 11.6 Å². The van der Waals surface area contributed by atoms with Crippen LogP contribution < -0.4 is 0 Å². The molecule has 1 aromatic heterocycles. The van der Waals surface area contributed by atoms with Crippen molar-refractivity contribution in [3.8, 4) is 0 Å². The smallest absolute Gasteiger partial charge is 0.174 e. The van der Waals surface area contributed by atoms with Crippen molar-refractivity contribution in [3.63, 3.8) is 0 Å². The van der Waals surface area contributed by atoms with E-state index in [1.54, 1.807) is 6.92 Å². The van der Waals surface area contributed by atoms with Crippen LogP contribution in [0.3, 0.4) is 0 Å². The van der Waals surface area contributed by atoms with Gasteiger partial charge in [-0.1, -0.05) is 53.2 Å². The molecule has 8 aliphatic carbocycles. The zero-order chi connectivity index (χ0) is 45.6. The summed E-state index contributed by atoms with van der Waals surface area (Å²) in [5, 5.41) is 60.9. The third-order valence-electron chi connectivity index (χ3n) is 23.7. The molecule has 11 heteroatoms. The minimum absolute atomic E-state index is 0.00200. The van der Waals surface area contributed by atoms with E-state index in [0.29, 0.717) is 55.3 Å². The van der Waals surface area contributed by atoms with Gasteiger partial charge in [-0.3, -0.25) is 9.97 Å². The zero-order valence-electron chi connectivity index (χ0n) is 40.6. The highest BCUT2D eigenvalue weighted by molar-refractivity contribution is 5.43. The molecular formula is C54H78N2O9. The largest absolute Gasteiger partial charge is 0.393 e. The summed E-state index contributed by atoms with van der Waals surface area (Å²) >= 11 is 0. The molecule has 23 atom stereocenters. The van der Waals surface area contributed by atoms with Gasteiger partial charge in [-0.2, -0.15) is 0 Å². The molecule has 9 fully saturated rings. The highest BCUT2D eigenvalue weighted by atomic mass is 16.7. The van der Waals surface area contributed by atoms with E-state index >= 15 is 0 Å². The summed E-state index contributed by atoms with van der Waals surface area (Å²) in [5.74, 6) is 0.428. The third-order valence-corrected chi connectivity index (χ3v) is 23.7. The number of hydrogen-bond donors (Lipinski definition) is 5. The molecule has 0 amide bonds. The average molecular weight is 899 g/mol. The van der Waals surface area contributed by atoms with E-state index in [2.05, 4.69) is 41.5 Å². The van der Waals surface area contributed by atoms with Crippen molar-refractivity contribution in [1.82, 2.24) is 9.97 Å². The van der Waals surface area contributed by atoms with Crippen molar-refractivity contribution in [3.05, 3.63) is 34.4 Å². The molecule has 0 radical (unpaired) electrons. The fourth-order valence-corrected chi connectivity index (χ4v) is 19.9. The van der Waals surface area contributed by atoms with E-state index in [9.17, 15) is 25.5 Å². The lowest BCUT2D eigenvalue weighted by Gasteiger charge is -2.62. The van der Waals surface area contributed by atoms with Crippen molar-refractivity contribution >= 4 is 0 Å². The monoisotopic (exact) mass is 899 g/mol. The second-order valence-electron chi connectivity index (χ2n) is 26.8. The summed E-state index contributed by atoms with van der Waals surface area (Å²) in [5.41, 5.74) is 1.52. The van der Waals surface area contributed by atoms with Crippen LogP contribution in [-0.2, 0) is 44.6 Å². The van der Waals surface area contributed by atoms with Crippen LogP contribution in [-0.4, -0.2) is 101 Å². The average Bonchev–Trinajstić information content (AvgIpc) is 3.94. The second kappa shape index (κ2) is 13.0. The number of aliphatic hydroxyl groups is 5. The van der Waals surface area contributed by atoms with Gasteiger partial charge >= 0.3 is 0 Å². The van der Waals surface area contributed by atoms with Gasteiger partial charge in [0, 0.05) is 47.3 Å². The lowest BCUT2D eigenvalue weighted by molar-refractivity contribution is -0.289. The molecule has 5 saturated carbocycles. The van der Waals surface area contributed by atoms with Gasteiger partial charge in [-0.25, -0.2) is 0 Å². The molecule has 2 spiro atoms. The number of ether oxygens (including phenoxy) is 4. The molecule has 5 N–H and O–H groups in total. The van der Waals surface area contributed by atoms with Crippen molar-refractivity contribution in [2.45, 2.75) is 211 Å². The van der Waals surface area contributed by atoms with Gasteiger partial charge in [-0.05, 0) is 144 Å². The van der Waals surface area contributed by atoms with Crippen molar-refractivity contribution < 1.29 is 44.5 Å². The number of aromatic nitrogens is 2. The van der Waals surface area contributed by atoms with E-state index in [4.69, 9.17) is 28.9 Å². The van der Waals surface area contributed by atoms with Gasteiger partial charge in [0.25, 0.3) is 0 Å². The molecule has 12 aliphatic rings. The summed E-state index contributed by atoms with van der Waals surface area (Å²) in [7, 11) is 0. The lowest BCUT2D eigenvalue weighted by atomic mass is 9.43. The molecule has 0 aromatic carbocycles. The fourth-order valence-electron chi connectivity index (χ4n) is 19.9. The summed E-state index contributed by atoms with van der Waals surface area (Å²) in [6.45, 7) is 19.9. The molecular weight excluding hydrogens is 821 g/mol. The Morgan fingerprint density at radius 3 is 2.00 bits per heavy atom. The van der Waals surface area contributed by atoms with E-state index in [1.807, 2.05) is 19.9 Å². The summed E-state index contributed by atoms with van der Waals surface area (Å²) < 4.78 is 26.8. The molecule has 0 unspecified atom stereocenters. The molecule has 4 aliphatic heterocycles. The van der Waals surface area contributed by atoms with Crippen LogP contribution in [0.5, 0.6) is 0 Å². The normalized spacial score (nSPS) is 59.8. The third kappa shape index (κ3) is 5.20. The Labute approximate surface area is 386 Å². The van der Waals surface area contributed by atoms with E-state index in [-0.39, 0.29) is 64.3 Å². The number of fused-ring (bicyclic) bond motifs is 16. The Morgan fingerprint density at radius 2 is 1.34 bits per heavy atom. The van der Waals surface area contributed by atoms with Crippen molar-refractivity contribution in [2.75, 3.05) is 6.61 Å². The van der Waals surface area contributed by atoms with Gasteiger partial charge in [0.1, 0.15) is 11.7 Å². The first-order chi connectivity index (χ1) is 30.4.